The molecule has 1 aromatic rings. The molecule has 1 nitrogen and oxygen atoms in total. The molecule has 0 aliphatic rings. The van der Waals surface area contributed by atoms with E-state index < -0.39 is 0 Å². The highest BCUT2D eigenvalue weighted by atomic mass is 35.5. The Morgan fingerprint density at radius 2 is 2.07 bits per heavy atom. The first kappa shape index (κ1) is 12.5. The van der Waals surface area contributed by atoms with E-state index in [4.69, 9.17) is 11.6 Å². The summed E-state index contributed by atoms with van der Waals surface area (Å²) in [6, 6.07) is 8.43. The highest BCUT2D eigenvalue weighted by Crippen LogP contribution is 2.07. The Morgan fingerprint density at radius 3 is 2.73 bits per heavy atom. The predicted molar refractivity (Wildman–Crippen MR) is 67.2 cm³/mol. The van der Waals surface area contributed by atoms with E-state index in [0.29, 0.717) is 5.88 Å². The van der Waals surface area contributed by atoms with Gasteiger partial charge in [-0.1, -0.05) is 44.5 Å². The molecule has 1 N–H and O–H groups in total. The van der Waals surface area contributed by atoms with Gasteiger partial charge in [-0.2, -0.15) is 0 Å². The lowest BCUT2D eigenvalue weighted by molar-refractivity contribution is 0.500. The van der Waals surface area contributed by atoms with Gasteiger partial charge in [0.2, 0.25) is 0 Å². The van der Waals surface area contributed by atoms with Gasteiger partial charge in [0, 0.05) is 12.4 Å². The van der Waals surface area contributed by atoms with Crippen LogP contribution in [0, 0.1) is 5.92 Å². The van der Waals surface area contributed by atoms with Crippen molar-refractivity contribution in [3.8, 4) is 0 Å². The first-order valence-corrected chi connectivity index (χ1v) is 6.14. The van der Waals surface area contributed by atoms with E-state index in [9.17, 15) is 0 Å². The van der Waals surface area contributed by atoms with Crippen LogP contribution in [0.3, 0.4) is 0 Å². The van der Waals surface area contributed by atoms with Crippen LogP contribution in [-0.2, 0) is 12.4 Å². The van der Waals surface area contributed by atoms with E-state index in [1.54, 1.807) is 0 Å². The number of nitrogens with one attached hydrogen (secondary N) is 1. The molecule has 84 valence electrons. The summed E-state index contributed by atoms with van der Waals surface area (Å²) in [6.45, 7) is 6.51. The molecule has 1 unspecified atom stereocenters. The molecule has 0 saturated carbocycles. The van der Waals surface area contributed by atoms with Gasteiger partial charge in [0.25, 0.3) is 0 Å². The van der Waals surface area contributed by atoms with Gasteiger partial charge in [-0.3, -0.25) is 0 Å². The van der Waals surface area contributed by atoms with Crippen molar-refractivity contribution < 1.29 is 0 Å². The lowest BCUT2D eigenvalue weighted by atomic mass is 10.1. The molecule has 0 radical (unpaired) electrons. The average molecular weight is 226 g/mol. The summed E-state index contributed by atoms with van der Waals surface area (Å²) >= 11 is 5.79. The summed E-state index contributed by atoms with van der Waals surface area (Å²) < 4.78 is 0. The van der Waals surface area contributed by atoms with Crippen LogP contribution in [0.4, 0.5) is 0 Å². The molecule has 1 rings (SSSR count). The zero-order chi connectivity index (χ0) is 11.1. The molecule has 0 amide bonds. The van der Waals surface area contributed by atoms with Crippen molar-refractivity contribution in [2.24, 2.45) is 5.92 Å². The Labute approximate surface area is 97.8 Å². The molecule has 0 aliphatic heterocycles. The van der Waals surface area contributed by atoms with Crippen molar-refractivity contribution in [3.63, 3.8) is 0 Å². The largest absolute Gasteiger partial charge is 0.312 e. The van der Waals surface area contributed by atoms with Crippen LogP contribution in [-0.4, -0.2) is 6.54 Å². The molecular formula is C13H20ClN. The zero-order valence-corrected chi connectivity index (χ0v) is 10.3. The molecule has 0 fully saturated rings. The van der Waals surface area contributed by atoms with E-state index in [2.05, 4.69) is 43.4 Å². The summed E-state index contributed by atoms with van der Waals surface area (Å²) in [5, 5.41) is 3.46. The van der Waals surface area contributed by atoms with Gasteiger partial charge >= 0.3 is 0 Å². The standard InChI is InChI=1S/C13H20ClN/c1-3-11(2)9-15-10-13-6-4-5-12(7-13)8-14/h4-7,11,15H,3,8-10H2,1-2H3. The second kappa shape index (κ2) is 6.86. The highest BCUT2D eigenvalue weighted by molar-refractivity contribution is 6.17. The SMILES string of the molecule is CCC(C)CNCc1cccc(CCl)c1. The fourth-order valence-corrected chi connectivity index (χ4v) is 1.60. The van der Waals surface area contributed by atoms with Crippen molar-refractivity contribution in [1.29, 1.82) is 0 Å². The second-order valence-corrected chi connectivity index (χ2v) is 4.37. The molecule has 1 aromatic carbocycles. The smallest absolute Gasteiger partial charge is 0.0474 e. The van der Waals surface area contributed by atoms with Crippen molar-refractivity contribution in [2.75, 3.05) is 6.54 Å². The molecule has 15 heavy (non-hydrogen) atoms. The molecule has 1 atom stereocenters. The summed E-state index contributed by atoms with van der Waals surface area (Å²) in [6.07, 6.45) is 1.23. The Hall–Kier alpha value is -0.530. The molecule has 0 heterocycles. The Morgan fingerprint density at radius 1 is 1.33 bits per heavy atom. The fourth-order valence-electron chi connectivity index (χ4n) is 1.43. The van der Waals surface area contributed by atoms with Crippen LogP contribution in [0.1, 0.15) is 31.4 Å². The molecular weight excluding hydrogens is 206 g/mol. The maximum atomic E-state index is 5.79. The number of hydrogen-bond donors (Lipinski definition) is 1. The summed E-state index contributed by atoms with van der Waals surface area (Å²) in [4.78, 5) is 0. The fraction of sp³-hybridized carbons (Fsp3) is 0.538. The van der Waals surface area contributed by atoms with Crippen LogP contribution < -0.4 is 5.32 Å². The molecule has 0 saturated heterocycles. The van der Waals surface area contributed by atoms with Crippen LogP contribution >= 0.6 is 11.6 Å². The number of halogens is 1. The minimum absolute atomic E-state index is 0.596. The maximum Gasteiger partial charge on any atom is 0.0474 e. The van der Waals surface area contributed by atoms with Gasteiger partial charge in [-0.15, -0.1) is 11.6 Å². The third-order valence-corrected chi connectivity index (χ3v) is 2.97. The highest BCUT2D eigenvalue weighted by Gasteiger charge is 1.98. The topological polar surface area (TPSA) is 12.0 Å². The second-order valence-electron chi connectivity index (χ2n) is 4.10. The van der Waals surface area contributed by atoms with E-state index in [1.165, 1.54) is 17.5 Å². The van der Waals surface area contributed by atoms with Gasteiger partial charge in [0.05, 0.1) is 0 Å². The Balaban J connectivity index is 2.37. The maximum absolute atomic E-state index is 5.79. The van der Waals surface area contributed by atoms with E-state index in [-0.39, 0.29) is 0 Å². The molecule has 0 spiro atoms. The number of rotatable bonds is 6. The van der Waals surface area contributed by atoms with Gasteiger partial charge in [-0.05, 0) is 23.6 Å². The van der Waals surface area contributed by atoms with Gasteiger partial charge < -0.3 is 5.32 Å². The first-order chi connectivity index (χ1) is 7.26. The summed E-state index contributed by atoms with van der Waals surface area (Å²) in [7, 11) is 0. The van der Waals surface area contributed by atoms with Gasteiger partial charge in [0.1, 0.15) is 0 Å². The molecule has 0 aliphatic carbocycles. The number of hydrogen-bond acceptors (Lipinski definition) is 1. The third-order valence-electron chi connectivity index (χ3n) is 2.66. The third kappa shape index (κ3) is 4.67. The quantitative estimate of drug-likeness (QED) is 0.730. The molecule has 0 aromatic heterocycles. The minimum Gasteiger partial charge on any atom is -0.312 e. The van der Waals surface area contributed by atoms with Crippen LogP contribution in [0.2, 0.25) is 0 Å². The Bertz CT molecular complexity index is 286. The van der Waals surface area contributed by atoms with E-state index in [0.717, 1.165) is 19.0 Å². The van der Waals surface area contributed by atoms with Crippen molar-refractivity contribution in [2.45, 2.75) is 32.7 Å². The monoisotopic (exact) mass is 225 g/mol. The minimum atomic E-state index is 0.596. The van der Waals surface area contributed by atoms with Crippen molar-refractivity contribution in [1.82, 2.24) is 5.32 Å². The molecule has 2 heteroatoms. The van der Waals surface area contributed by atoms with Crippen LogP contribution in [0.5, 0.6) is 0 Å². The lowest BCUT2D eigenvalue weighted by Crippen LogP contribution is -2.20. The van der Waals surface area contributed by atoms with Gasteiger partial charge in [0.15, 0.2) is 0 Å². The Kier molecular flexibility index (Phi) is 5.74. The van der Waals surface area contributed by atoms with Crippen LogP contribution in [0.15, 0.2) is 24.3 Å². The average Bonchev–Trinajstić information content (AvgIpc) is 2.29. The lowest BCUT2D eigenvalue weighted by Gasteiger charge is -2.10. The number of benzene rings is 1. The van der Waals surface area contributed by atoms with E-state index in [1.807, 2.05) is 0 Å². The van der Waals surface area contributed by atoms with Gasteiger partial charge in [-0.25, -0.2) is 0 Å². The summed E-state index contributed by atoms with van der Waals surface area (Å²) in [5.41, 5.74) is 2.51. The first-order valence-electron chi connectivity index (χ1n) is 5.60. The van der Waals surface area contributed by atoms with Crippen LogP contribution in [0.25, 0.3) is 0 Å². The molecule has 0 bridgehead atoms. The predicted octanol–water partition coefficient (Wildman–Crippen LogP) is 3.56. The summed E-state index contributed by atoms with van der Waals surface area (Å²) in [5.74, 6) is 1.35. The van der Waals surface area contributed by atoms with Crippen molar-refractivity contribution in [3.05, 3.63) is 35.4 Å². The van der Waals surface area contributed by atoms with Crippen molar-refractivity contribution >= 4 is 11.6 Å². The normalized spacial score (nSPS) is 12.7. The zero-order valence-electron chi connectivity index (χ0n) is 9.59. The van der Waals surface area contributed by atoms with E-state index >= 15 is 0 Å². The number of alkyl halides is 1.